The molecular formula is C23H21N5O3. The number of hydrogen-bond acceptors (Lipinski definition) is 6. The van der Waals surface area contributed by atoms with Crippen molar-refractivity contribution in [2.75, 3.05) is 5.32 Å². The molecule has 2 aromatic carbocycles. The van der Waals surface area contributed by atoms with Crippen LogP contribution in [-0.2, 0) is 4.79 Å². The molecule has 4 rings (SSSR count). The van der Waals surface area contributed by atoms with Gasteiger partial charge in [-0.25, -0.2) is 4.98 Å². The first-order valence-electron chi connectivity index (χ1n) is 9.73. The number of imidazole rings is 1. The predicted molar refractivity (Wildman–Crippen MR) is 116 cm³/mol. The highest BCUT2D eigenvalue weighted by Gasteiger charge is 2.15. The van der Waals surface area contributed by atoms with Gasteiger partial charge in [-0.05, 0) is 56.3 Å². The Labute approximate surface area is 179 Å². The molecule has 0 bridgehead atoms. The van der Waals surface area contributed by atoms with Crippen molar-refractivity contribution in [2.45, 2.75) is 20.0 Å². The van der Waals surface area contributed by atoms with Crippen molar-refractivity contribution < 1.29 is 14.3 Å². The van der Waals surface area contributed by atoms with Crippen LogP contribution in [0.3, 0.4) is 0 Å². The number of benzene rings is 2. The second-order valence-corrected chi connectivity index (χ2v) is 6.76. The van der Waals surface area contributed by atoms with E-state index in [1.807, 2.05) is 48.0 Å². The predicted octanol–water partition coefficient (Wildman–Crippen LogP) is 4.17. The molecule has 1 N–H and O–H groups in total. The van der Waals surface area contributed by atoms with Gasteiger partial charge in [0, 0.05) is 24.1 Å². The Balaban J connectivity index is 1.34. The lowest BCUT2D eigenvalue weighted by Gasteiger charge is -2.15. The minimum atomic E-state index is -0.633. The zero-order valence-corrected chi connectivity index (χ0v) is 17.1. The summed E-state index contributed by atoms with van der Waals surface area (Å²) >= 11 is 0. The second kappa shape index (κ2) is 9.08. The van der Waals surface area contributed by atoms with Crippen LogP contribution >= 0.6 is 0 Å². The summed E-state index contributed by atoms with van der Waals surface area (Å²) < 4.78 is 13.2. The van der Waals surface area contributed by atoms with Gasteiger partial charge in [0.05, 0.1) is 0 Å². The molecular weight excluding hydrogens is 394 g/mol. The molecule has 1 atom stereocenters. The Kier molecular flexibility index (Phi) is 5.89. The normalized spacial score (nSPS) is 11.5. The number of carbonyl (C=O) groups is 1. The lowest BCUT2D eigenvalue weighted by Crippen LogP contribution is -2.30. The molecule has 4 aromatic rings. The maximum absolute atomic E-state index is 12.4. The molecule has 0 saturated heterocycles. The van der Waals surface area contributed by atoms with Crippen molar-refractivity contribution in [1.82, 2.24) is 19.7 Å². The van der Waals surface area contributed by atoms with Crippen molar-refractivity contribution >= 4 is 11.6 Å². The molecule has 31 heavy (non-hydrogen) atoms. The molecule has 0 spiro atoms. The van der Waals surface area contributed by atoms with Crippen LogP contribution in [0.2, 0.25) is 0 Å². The average molecular weight is 415 g/mol. The third kappa shape index (κ3) is 5.05. The topological polar surface area (TPSA) is 91.2 Å². The van der Waals surface area contributed by atoms with Crippen LogP contribution in [0.1, 0.15) is 12.7 Å². The van der Waals surface area contributed by atoms with Gasteiger partial charge in [0.1, 0.15) is 17.3 Å². The molecule has 156 valence electrons. The summed E-state index contributed by atoms with van der Waals surface area (Å²) in [5, 5.41) is 11.1. The Hall–Kier alpha value is -4.20. The first-order chi connectivity index (χ1) is 15.1. The third-order valence-corrected chi connectivity index (χ3v) is 4.47. The highest BCUT2D eigenvalue weighted by Crippen LogP contribution is 2.22. The number of anilines is 1. The number of hydrogen-bond donors (Lipinski definition) is 1. The average Bonchev–Trinajstić information content (AvgIpc) is 3.22. The third-order valence-electron chi connectivity index (χ3n) is 4.47. The van der Waals surface area contributed by atoms with Crippen LogP contribution in [-0.4, -0.2) is 31.8 Å². The van der Waals surface area contributed by atoms with Crippen molar-refractivity contribution in [2.24, 2.45) is 0 Å². The number of rotatable bonds is 7. The SMILES string of the molecule is Cc1nccn1-c1ccc(Oc2ccc(NC(=O)C(C)Oc3ccccc3)cc2)nn1. The summed E-state index contributed by atoms with van der Waals surface area (Å²) in [7, 11) is 0. The van der Waals surface area contributed by atoms with Gasteiger partial charge in [-0.15, -0.1) is 10.2 Å². The molecule has 2 heterocycles. The van der Waals surface area contributed by atoms with E-state index in [4.69, 9.17) is 9.47 Å². The van der Waals surface area contributed by atoms with E-state index in [1.54, 1.807) is 49.5 Å². The van der Waals surface area contributed by atoms with Gasteiger partial charge in [0.25, 0.3) is 5.91 Å². The van der Waals surface area contributed by atoms with Gasteiger partial charge in [0.2, 0.25) is 5.88 Å². The van der Waals surface area contributed by atoms with E-state index in [2.05, 4.69) is 20.5 Å². The Morgan fingerprint density at radius 2 is 1.74 bits per heavy atom. The maximum atomic E-state index is 12.4. The number of aromatic nitrogens is 4. The molecule has 8 heteroatoms. The molecule has 0 aliphatic carbocycles. The van der Waals surface area contributed by atoms with Gasteiger partial charge in [0.15, 0.2) is 11.9 Å². The second-order valence-electron chi connectivity index (χ2n) is 6.76. The summed E-state index contributed by atoms with van der Waals surface area (Å²) in [6.45, 7) is 3.59. The van der Waals surface area contributed by atoms with E-state index in [0.717, 1.165) is 5.82 Å². The number of amides is 1. The van der Waals surface area contributed by atoms with Crippen LogP contribution in [0.4, 0.5) is 5.69 Å². The van der Waals surface area contributed by atoms with E-state index >= 15 is 0 Å². The zero-order chi connectivity index (χ0) is 21.6. The highest BCUT2D eigenvalue weighted by molar-refractivity contribution is 5.94. The number of carbonyl (C=O) groups excluding carboxylic acids is 1. The minimum absolute atomic E-state index is 0.242. The van der Waals surface area contributed by atoms with Crippen LogP contribution in [0, 0.1) is 6.92 Å². The summed E-state index contributed by atoms with van der Waals surface area (Å²) in [4.78, 5) is 16.5. The quantitative estimate of drug-likeness (QED) is 0.487. The fraction of sp³-hybridized carbons (Fsp3) is 0.130. The standard InChI is InChI=1S/C23H21N5O3/c1-16(30-19-6-4-3-5-7-19)23(29)25-18-8-10-20(11-9-18)31-22-13-12-21(26-27-22)28-15-14-24-17(28)2/h3-16H,1-2H3,(H,25,29). The first-order valence-corrected chi connectivity index (χ1v) is 9.73. The van der Waals surface area contributed by atoms with Crippen LogP contribution in [0.5, 0.6) is 17.4 Å². The van der Waals surface area contributed by atoms with Gasteiger partial charge in [-0.3, -0.25) is 9.36 Å². The van der Waals surface area contributed by atoms with E-state index in [0.29, 0.717) is 28.9 Å². The smallest absolute Gasteiger partial charge is 0.265 e. The molecule has 2 aromatic heterocycles. The van der Waals surface area contributed by atoms with Crippen LogP contribution in [0.25, 0.3) is 5.82 Å². The largest absolute Gasteiger partial charge is 0.481 e. The molecule has 1 unspecified atom stereocenters. The van der Waals surface area contributed by atoms with E-state index in [9.17, 15) is 4.79 Å². The number of nitrogens with zero attached hydrogens (tertiary/aromatic N) is 4. The van der Waals surface area contributed by atoms with Crippen molar-refractivity contribution in [3.05, 3.63) is 84.9 Å². The van der Waals surface area contributed by atoms with Crippen LogP contribution < -0.4 is 14.8 Å². The highest BCUT2D eigenvalue weighted by atomic mass is 16.5. The number of ether oxygens (including phenoxy) is 2. The zero-order valence-electron chi connectivity index (χ0n) is 17.1. The molecule has 0 aliphatic rings. The summed E-state index contributed by atoms with van der Waals surface area (Å²) in [5.74, 6) is 2.82. The molecule has 8 nitrogen and oxygen atoms in total. The van der Waals surface area contributed by atoms with E-state index < -0.39 is 6.10 Å². The van der Waals surface area contributed by atoms with Gasteiger partial charge >= 0.3 is 0 Å². The lowest BCUT2D eigenvalue weighted by atomic mass is 10.2. The van der Waals surface area contributed by atoms with Crippen molar-refractivity contribution in [1.29, 1.82) is 0 Å². The monoisotopic (exact) mass is 415 g/mol. The molecule has 0 radical (unpaired) electrons. The minimum Gasteiger partial charge on any atom is -0.481 e. The van der Waals surface area contributed by atoms with E-state index in [-0.39, 0.29) is 5.91 Å². The maximum Gasteiger partial charge on any atom is 0.265 e. The fourth-order valence-electron chi connectivity index (χ4n) is 2.84. The Morgan fingerprint density at radius 3 is 2.39 bits per heavy atom. The molecule has 0 fully saturated rings. The number of aryl methyl sites for hydroxylation is 1. The molecule has 0 saturated carbocycles. The lowest BCUT2D eigenvalue weighted by molar-refractivity contribution is -0.122. The Morgan fingerprint density at radius 1 is 0.968 bits per heavy atom. The summed E-state index contributed by atoms with van der Waals surface area (Å²) in [6, 6.07) is 19.7. The van der Waals surface area contributed by atoms with Gasteiger partial charge in [-0.1, -0.05) is 18.2 Å². The summed E-state index contributed by atoms with van der Waals surface area (Å²) in [6.07, 6.45) is 2.89. The van der Waals surface area contributed by atoms with Gasteiger partial charge in [-0.2, -0.15) is 0 Å². The number of nitrogens with one attached hydrogen (secondary N) is 1. The first kappa shape index (κ1) is 20.1. The van der Waals surface area contributed by atoms with Crippen molar-refractivity contribution in [3.63, 3.8) is 0 Å². The van der Waals surface area contributed by atoms with Gasteiger partial charge < -0.3 is 14.8 Å². The number of para-hydroxylation sites is 1. The summed E-state index contributed by atoms with van der Waals surface area (Å²) in [5.41, 5.74) is 0.637. The Bertz CT molecular complexity index is 1140. The van der Waals surface area contributed by atoms with Crippen LogP contribution in [0.15, 0.2) is 79.1 Å². The molecule has 0 aliphatic heterocycles. The van der Waals surface area contributed by atoms with E-state index in [1.165, 1.54) is 0 Å². The molecule has 1 amide bonds. The fourth-order valence-corrected chi connectivity index (χ4v) is 2.84. The van der Waals surface area contributed by atoms with Crippen molar-refractivity contribution in [3.8, 4) is 23.2 Å².